The molecule has 1 nitrogen and oxygen atoms in total. The van der Waals surface area contributed by atoms with Crippen LogP contribution in [0.15, 0.2) is 12.1 Å². The average molecular weight is 192 g/mol. The van der Waals surface area contributed by atoms with Crippen LogP contribution in [0.5, 0.6) is 5.75 Å². The minimum Gasteiger partial charge on any atom is -0.508 e. The van der Waals surface area contributed by atoms with Gasteiger partial charge in [0.15, 0.2) is 0 Å². The summed E-state index contributed by atoms with van der Waals surface area (Å²) in [6, 6.07) is 3.71. The first kappa shape index (κ1) is 11.1. The lowest BCUT2D eigenvalue weighted by Gasteiger charge is -2.10. The van der Waals surface area contributed by atoms with Crippen molar-refractivity contribution >= 4 is 0 Å². The van der Waals surface area contributed by atoms with Crippen molar-refractivity contribution in [1.82, 2.24) is 0 Å². The largest absolute Gasteiger partial charge is 0.508 e. The lowest BCUT2D eigenvalue weighted by molar-refractivity contribution is 0.474. The molecule has 0 heterocycles. The molecule has 1 N–H and O–H groups in total. The van der Waals surface area contributed by atoms with E-state index in [1.165, 1.54) is 36.0 Å². The molecule has 1 heteroatoms. The minimum atomic E-state index is 0.388. The summed E-state index contributed by atoms with van der Waals surface area (Å²) in [4.78, 5) is 0. The van der Waals surface area contributed by atoms with E-state index in [2.05, 4.69) is 20.8 Å². The summed E-state index contributed by atoms with van der Waals surface area (Å²) in [6.07, 6.45) is 4.95. The molecule has 0 radical (unpaired) electrons. The van der Waals surface area contributed by atoms with Gasteiger partial charge in [-0.1, -0.05) is 19.8 Å². The topological polar surface area (TPSA) is 20.2 Å². The number of phenolic OH excluding ortho intramolecular Hbond substituents is 1. The highest BCUT2D eigenvalue weighted by Gasteiger charge is 2.03. The molecule has 0 fully saturated rings. The fourth-order valence-electron chi connectivity index (χ4n) is 1.92. The van der Waals surface area contributed by atoms with Gasteiger partial charge in [0.1, 0.15) is 5.75 Å². The van der Waals surface area contributed by atoms with E-state index in [1.807, 2.05) is 12.1 Å². The van der Waals surface area contributed by atoms with E-state index >= 15 is 0 Å². The van der Waals surface area contributed by atoms with Gasteiger partial charge >= 0.3 is 0 Å². The predicted octanol–water partition coefficient (Wildman–Crippen LogP) is 3.74. The van der Waals surface area contributed by atoms with Gasteiger partial charge < -0.3 is 5.11 Å². The molecular formula is C13H20O. The molecule has 1 aromatic rings. The summed E-state index contributed by atoms with van der Waals surface area (Å²) in [5, 5.41) is 9.39. The zero-order valence-corrected chi connectivity index (χ0v) is 9.43. The third-order valence-electron chi connectivity index (χ3n) is 2.71. The average Bonchev–Trinajstić information content (AvgIpc) is 2.09. The molecule has 0 spiro atoms. The molecule has 0 aliphatic rings. The molecule has 0 aliphatic heterocycles. The molecular weight excluding hydrogens is 172 g/mol. The standard InChI is InChI=1S/C13H20O/c1-4-5-6-7-13-10(2)8-12(14)9-11(13)3/h8-9,14H,4-7H2,1-3H3. The Morgan fingerprint density at radius 3 is 2.14 bits per heavy atom. The van der Waals surface area contributed by atoms with E-state index in [0.29, 0.717) is 5.75 Å². The van der Waals surface area contributed by atoms with Crippen LogP contribution in [0.3, 0.4) is 0 Å². The monoisotopic (exact) mass is 192 g/mol. The summed E-state index contributed by atoms with van der Waals surface area (Å²) in [6.45, 7) is 6.37. The van der Waals surface area contributed by atoms with Crippen molar-refractivity contribution in [2.24, 2.45) is 0 Å². The van der Waals surface area contributed by atoms with Gasteiger partial charge in [-0.05, 0) is 55.5 Å². The summed E-state index contributed by atoms with van der Waals surface area (Å²) < 4.78 is 0. The van der Waals surface area contributed by atoms with Gasteiger partial charge in [-0.15, -0.1) is 0 Å². The second-order valence-corrected chi connectivity index (χ2v) is 4.02. The van der Waals surface area contributed by atoms with Crippen molar-refractivity contribution in [1.29, 1.82) is 0 Å². The van der Waals surface area contributed by atoms with Crippen LogP contribution in [0.1, 0.15) is 42.9 Å². The van der Waals surface area contributed by atoms with Gasteiger partial charge in [-0.25, -0.2) is 0 Å². The zero-order valence-electron chi connectivity index (χ0n) is 9.43. The van der Waals surface area contributed by atoms with E-state index in [1.54, 1.807) is 0 Å². The third-order valence-corrected chi connectivity index (χ3v) is 2.71. The van der Waals surface area contributed by atoms with E-state index in [4.69, 9.17) is 0 Å². The first-order valence-corrected chi connectivity index (χ1v) is 5.44. The fraction of sp³-hybridized carbons (Fsp3) is 0.538. The Morgan fingerprint density at radius 2 is 1.64 bits per heavy atom. The number of aromatic hydroxyl groups is 1. The van der Waals surface area contributed by atoms with E-state index in [9.17, 15) is 5.11 Å². The van der Waals surface area contributed by atoms with Crippen molar-refractivity contribution in [2.75, 3.05) is 0 Å². The van der Waals surface area contributed by atoms with Crippen LogP contribution in [0.25, 0.3) is 0 Å². The Hall–Kier alpha value is -0.980. The van der Waals surface area contributed by atoms with Gasteiger partial charge in [-0.3, -0.25) is 0 Å². The number of benzene rings is 1. The SMILES string of the molecule is CCCCCc1c(C)cc(O)cc1C. The fourth-order valence-corrected chi connectivity index (χ4v) is 1.92. The summed E-state index contributed by atoms with van der Waals surface area (Å²) >= 11 is 0. The zero-order chi connectivity index (χ0) is 10.6. The first-order chi connectivity index (χ1) is 6.65. The molecule has 0 atom stereocenters. The maximum Gasteiger partial charge on any atom is 0.116 e. The Balaban J connectivity index is 2.75. The quantitative estimate of drug-likeness (QED) is 0.720. The number of hydrogen-bond acceptors (Lipinski definition) is 1. The molecule has 0 saturated carbocycles. The van der Waals surface area contributed by atoms with E-state index in [0.717, 1.165) is 6.42 Å². The molecule has 1 rings (SSSR count). The summed E-state index contributed by atoms with van der Waals surface area (Å²) in [7, 11) is 0. The van der Waals surface area contributed by atoms with E-state index < -0.39 is 0 Å². The molecule has 0 bridgehead atoms. The second-order valence-electron chi connectivity index (χ2n) is 4.02. The highest BCUT2D eigenvalue weighted by atomic mass is 16.3. The van der Waals surface area contributed by atoms with Crippen LogP contribution in [0.2, 0.25) is 0 Å². The van der Waals surface area contributed by atoms with Crippen molar-refractivity contribution in [3.05, 3.63) is 28.8 Å². The highest BCUT2D eigenvalue weighted by molar-refractivity contribution is 5.40. The van der Waals surface area contributed by atoms with Gasteiger partial charge in [0.2, 0.25) is 0 Å². The van der Waals surface area contributed by atoms with Crippen LogP contribution < -0.4 is 0 Å². The third kappa shape index (κ3) is 2.76. The van der Waals surface area contributed by atoms with Crippen molar-refractivity contribution < 1.29 is 5.11 Å². The first-order valence-electron chi connectivity index (χ1n) is 5.44. The Bertz CT molecular complexity index is 279. The molecule has 0 aromatic heterocycles. The van der Waals surface area contributed by atoms with Crippen LogP contribution >= 0.6 is 0 Å². The van der Waals surface area contributed by atoms with Crippen molar-refractivity contribution in [2.45, 2.75) is 46.5 Å². The van der Waals surface area contributed by atoms with Crippen LogP contribution in [-0.2, 0) is 6.42 Å². The van der Waals surface area contributed by atoms with Crippen LogP contribution in [0, 0.1) is 13.8 Å². The maximum absolute atomic E-state index is 9.39. The van der Waals surface area contributed by atoms with Gasteiger partial charge in [0, 0.05) is 0 Å². The minimum absolute atomic E-state index is 0.388. The molecule has 14 heavy (non-hydrogen) atoms. The Kier molecular flexibility index (Phi) is 3.99. The number of phenols is 1. The van der Waals surface area contributed by atoms with Crippen LogP contribution in [-0.4, -0.2) is 5.11 Å². The molecule has 0 unspecified atom stereocenters. The second kappa shape index (κ2) is 5.04. The highest BCUT2D eigenvalue weighted by Crippen LogP contribution is 2.22. The molecule has 0 saturated heterocycles. The van der Waals surface area contributed by atoms with E-state index in [-0.39, 0.29) is 0 Å². The van der Waals surface area contributed by atoms with Gasteiger partial charge in [0.05, 0.1) is 0 Å². The normalized spacial score (nSPS) is 10.5. The maximum atomic E-state index is 9.39. The van der Waals surface area contributed by atoms with Crippen molar-refractivity contribution in [3.63, 3.8) is 0 Å². The van der Waals surface area contributed by atoms with Gasteiger partial charge in [0.25, 0.3) is 0 Å². The number of aryl methyl sites for hydroxylation is 2. The molecule has 0 aliphatic carbocycles. The lowest BCUT2D eigenvalue weighted by Crippen LogP contribution is -1.94. The number of rotatable bonds is 4. The van der Waals surface area contributed by atoms with Crippen LogP contribution in [0.4, 0.5) is 0 Å². The number of unbranched alkanes of at least 4 members (excludes halogenated alkanes) is 2. The van der Waals surface area contributed by atoms with Crippen molar-refractivity contribution in [3.8, 4) is 5.75 Å². The number of hydrogen-bond donors (Lipinski definition) is 1. The Labute approximate surface area is 86.8 Å². The lowest BCUT2D eigenvalue weighted by atomic mass is 9.97. The van der Waals surface area contributed by atoms with Gasteiger partial charge in [-0.2, -0.15) is 0 Å². The summed E-state index contributed by atoms with van der Waals surface area (Å²) in [5.74, 6) is 0.388. The molecule has 1 aromatic carbocycles. The molecule has 78 valence electrons. The molecule has 0 amide bonds. The Morgan fingerprint density at radius 1 is 1.07 bits per heavy atom. The predicted molar refractivity (Wildman–Crippen MR) is 60.8 cm³/mol. The smallest absolute Gasteiger partial charge is 0.116 e. The summed E-state index contributed by atoms with van der Waals surface area (Å²) in [5.41, 5.74) is 3.86.